The van der Waals surface area contributed by atoms with Crippen LogP contribution in [0.15, 0.2) is 12.2 Å². The Morgan fingerprint density at radius 1 is 0.590 bits per heavy atom. The van der Waals surface area contributed by atoms with E-state index in [0.717, 1.165) is 32.1 Å². The molecule has 39 heavy (non-hydrogen) atoms. The lowest BCUT2D eigenvalue weighted by atomic mass is 10.0. The first-order chi connectivity index (χ1) is 19.3. The number of nitrogens with one attached hydrogen (secondary N) is 1. The lowest BCUT2D eigenvalue weighted by Gasteiger charge is -2.18. The second kappa shape index (κ2) is 29.6. The number of hydrogen-bond donors (Lipinski definition) is 2. The van der Waals surface area contributed by atoms with Crippen LogP contribution >= 0.6 is 0 Å². The highest BCUT2D eigenvalue weighted by atomic mass is 16.6. The number of alkyl carbamates (subject to hydrolysis) is 1. The Labute approximate surface area is 234 Å². The standard InChI is InChI=1S/C27H52N2O10/c28-8-10-31-12-14-33-16-18-35-20-22-37-24-25-38-23-21-36-19-17-34-15-13-32-11-9-29-27(30)39-26-6-4-2-1-3-5-7-26/h1-2,26H,3-25,28H2,(H,29,30)/b2-1+. The molecule has 12 heteroatoms. The van der Waals surface area contributed by atoms with Gasteiger partial charge in [0.05, 0.1) is 106 Å². The van der Waals surface area contributed by atoms with Crippen molar-refractivity contribution in [2.75, 3.05) is 119 Å². The molecule has 1 rings (SSSR count). The number of hydrogen-bond acceptors (Lipinski definition) is 11. The van der Waals surface area contributed by atoms with Gasteiger partial charge in [0, 0.05) is 13.1 Å². The predicted octanol–water partition coefficient (Wildman–Crippen LogP) is 1.69. The first kappa shape index (κ1) is 35.7. The van der Waals surface area contributed by atoms with E-state index in [-0.39, 0.29) is 12.2 Å². The monoisotopic (exact) mass is 564 g/mol. The fourth-order valence-corrected chi connectivity index (χ4v) is 3.39. The van der Waals surface area contributed by atoms with Gasteiger partial charge in [-0.1, -0.05) is 12.2 Å². The van der Waals surface area contributed by atoms with Gasteiger partial charge in [0.1, 0.15) is 6.10 Å². The van der Waals surface area contributed by atoms with E-state index in [9.17, 15) is 4.79 Å². The molecule has 3 N–H and O–H groups in total. The van der Waals surface area contributed by atoms with Crippen LogP contribution in [-0.2, 0) is 42.6 Å². The summed E-state index contributed by atoms with van der Waals surface area (Å²) in [6, 6.07) is 0. The Kier molecular flexibility index (Phi) is 27.1. The highest BCUT2D eigenvalue weighted by molar-refractivity contribution is 5.67. The van der Waals surface area contributed by atoms with Crippen LogP contribution in [0, 0.1) is 0 Å². The van der Waals surface area contributed by atoms with Crippen LogP contribution in [0.5, 0.6) is 0 Å². The van der Waals surface area contributed by atoms with E-state index < -0.39 is 0 Å². The number of ether oxygens (including phenoxy) is 9. The third-order valence-corrected chi connectivity index (χ3v) is 5.37. The average molecular weight is 565 g/mol. The summed E-state index contributed by atoms with van der Waals surface area (Å²) in [7, 11) is 0. The van der Waals surface area contributed by atoms with Crippen molar-refractivity contribution in [2.45, 2.75) is 38.2 Å². The number of rotatable bonds is 27. The molecule has 0 aromatic carbocycles. The minimum Gasteiger partial charge on any atom is -0.446 e. The summed E-state index contributed by atoms with van der Waals surface area (Å²) in [5.74, 6) is 0. The van der Waals surface area contributed by atoms with Crippen LogP contribution in [-0.4, -0.2) is 131 Å². The number of nitrogens with two attached hydrogens (primary N) is 1. The van der Waals surface area contributed by atoms with E-state index in [2.05, 4.69) is 17.5 Å². The minimum atomic E-state index is -0.373. The zero-order valence-corrected chi connectivity index (χ0v) is 23.7. The smallest absolute Gasteiger partial charge is 0.407 e. The summed E-state index contributed by atoms with van der Waals surface area (Å²) in [5.41, 5.74) is 5.32. The molecule has 0 aromatic rings. The molecule has 0 aliphatic heterocycles. The molecule has 1 unspecified atom stereocenters. The lowest BCUT2D eigenvalue weighted by molar-refractivity contribution is -0.0228. The third-order valence-electron chi connectivity index (χ3n) is 5.37. The fourth-order valence-electron chi connectivity index (χ4n) is 3.39. The lowest BCUT2D eigenvalue weighted by Crippen LogP contribution is -2.31. The summed E-state index contributed by atoms with van der Waals surface area (Å²) < 4.78 is 48.7. The molecule has 0 saturated carbocycles. The maximum Gasteiger partial charge on any atom is 0.407 e. The summed E-state index contributed by atoms with van der Waals surface area (Å²) in [6.07, 6.45) is 8.84. The summed E-state index contributed by atoms with van der Waals surface area (Å²) in [6.45, 7) is 9.02. The Morgan fingerprint density at radius 3 is 1.46 bits per heavy atom. The second-order valence-corrected chi connectivity index (χ2v) is 8.62. The van der Waals surface area contributed by atoms with Gasteiger partial charge in [-0.3, -0.25) is 0 Å². The zero-order chi connectivity index (χ0) is 27.9. The Morgan fingerprint density at radius 2 is 1.00 bits per heavy atom. The molecule has 1 atom stereocenters. The summed E-state index contributed by atoms with van der Waals surface area (Å²) in [4.78, 5) is 11.9. The van der Waals surface area contributed by atoms with E-state index in [4.69, 9.17) is 48.4 Å². The largest absolute Gasteiger partial charge is 0.446 e. The van der Waals surface area contributed by atoms with Gasteiger partial charge in [-0.2, -0.15) is 0 Å². The van der Waals surface area contributed by atoms with E-state index in [1.807, 2.05) is 0 Å². The summed E-state index contributed by atoms with van der Waals surface area (Å²) >= 11 is 0. The molecule has 0 bridgehead atoms. The van der Waals surface area contributed by atoms with E-state index >= 15 is 0 Å². The first-order valence-corrected chi connectivity index (χ1v) is 14.2. The van der Waals surface area contributed by atoms with Crippen LogP contribution in [0.2, 0.25) is 0 Å². The van der Waals surface area contributed by atoms with Crippen LogP contribution in [0.25, 0.3) is 0 Å². The van der Waals surface area contributed by atoms with Crippen LogP contribution in [0.4, 0.5) is 4.79 Å². The Balaban J connectivity index is 1.69. The number of carbonyl (C=O) groups is 1. The molecule has 0 radical (unpaired) electrons. The molecule has 0 fully saturated rings. The maximum absolute atomic E-state index is 11.9. The topological polar surface area (TPSA) is 138 Å². The molecule has 1 aliphatic rings. The quantitative estimate of drug-likeness (QED) is 0.111. The first-order valence-electron chi connectivity index (χ1n) is 14.2. The van der Waals surface area contributed by atoms with Gasteiger partial charge in [-0.05, 0) is 32.1 Å². The number of carbonyl (C=O) groups excluding carboxylic acids is 1. The van der Waals surface area contributed by atoms with Crippen LogP contribution in [0.1, 0.15) is 32.1 Å². The van der Waals surface area contributed by atoms with Gasteiger partial charge in [0.25, 0.3) is 0 Å². The average Bonchev–Trinajstić information content (AvgIpc) is 2.92. The fraction of sp³-hybridized carbons (Fsp3) is 0.889. The van der Waals surface area contributed by atoms with E-state index in [1.54, 1.807) is 0 Å². The second-order valence-electron chi connectivity index (χ2n) is 8.62. The predicted molar refractivity (Wildman–Crippen MR) is 146 cm³/mol. The zero-order valence-electron chi connectivity index (χ0n) is 23.7. The molecule has 12 nitrogen and oxygen atoms in total. The number of allylic oxidation sites excluding steroid dienone is 2. The molecule has 230 valence electrons. The molecule has 0 heterocycles. The normalized spacial score (nSPS) is 16.5. The van der Waals surface area contributed by atoms with E-state index in [1.165, 1.54) is 0 Å². The molecule has 1 aliphatic carbocycles. The Hall–Kier alpha value is -1.35. The van der Waals surface area contributed by atoms with E-state index in [0.29, 0.717) is 119 Å². The van der Waals surface area contributed by atoms with Crippen LogP contribution in [0.3, 0.4) is 0 Å². The van der Waals surface area contributed by atoms with Crippen molar-refractivity contribution in [1.29, 1.82) is 0 Å². The molecule has 1 amide bonds. The van der Waals surface area contributed by atoms with Crippen LogP contribution < -0.4 is 11.1 Å². The van der Waals surface area contributed by atoms with Gasteiger partial charge < -0.3 is 53.7 Å². The number of amides is 1. The van der Waals surface area contributed by atoms with Gasteiger partial charge in [0.2, 0.25) is 0 Å². The van der Waals surface area contributed by atoms with Crippen molar-refractivity contribution >= 4 is 6.09 Å². The maximum atomic E-state index is 11.9. The van der Waals surface area contributed by atoms with Gasteiger partial charge in [-0.25, -0.2) is 4.79 Å². The SMILES string of the molecule is NCCOCCOCCOCCOCCOCCOCCOCCOCCNC(=O)OC1CC/C=C/CCC1. The Bertz CT molecular complexity index is 557. The highest BCUT2D eigenvalue weighted by Crippen LogP contribution is 2.15. The minimum absolute atomic E-state index is 0.00166. The molecular weight excluding hydrogens is 512 g/mol. The molecule has 0 saturated heterocycles. The van der Waals surface area contributed by atoms with Crippen molar-refractivity contribution in [3.8, 4) is 0 Å². The van der Waals surface area contributed by atoms with Gasteiger partial charge in [-0.15, -0.1) is 0 Å². The molecule has 0 spiro atoms. The van der Waals surface area contributed by atoms with Gasteiger partial charge >= 0.3 is 6.09 Å². The van der Waals surface area contributed by atoms with Crippen molar-refractivity contribution in [2.24, 2.45) is 5.73 Å². The molecular formula is C27H52N2O10. The highest BCUT2D eigenvalue weighted by Gasteiger charge is 2.14. The van der Waals surface area contributed by atoms with Crippen molar-refractivity contribution < 1.29 is 47.4 Å². The van der Waals surface area contributed by atoms with Crippen molar-refractivity contribution in [3.05, 3.63) is 12.2 Å². The van der Waals surface area contributed by atoms with Crippen molar-refractivity contribution in [3.63, 3.8) is 0 Å². The van der Waals surface area contributed by atoms with Crippen molar-refractivity contribution in [1.82, 2.24) is 5.32 Å². The summed E-state index contributed by atoms with van der Waals surface area (Å²) in [5, 5.41) is 2.73. The van der Waals surface area contributed by atoms with Gasteiger partial charge in [0.15, 0.2) is 0 Å². The molecule has 0 aromatic heterocycles. The third kappa shape index (κ3) is 26.6.